The van der Waals surface area contributed by atoms with Gasteiger partial charge in [-0.2, -0.15) is 0 Å². The average molecular weight is 855 g/mol. The molecule has 3 N–H and O–H groups in total. The highest BCUT2D eigenvalue weighted by Gasteiger charge is 2.27. The van der Waals surface area contributed by atoms with E-state index in [0.717, 1.165) is 70.6 Å². The standard InChI is InChI=1S/C48H87O10P/c1-3-5-7-9-11-13-15-17-19-21-22-24-25-27-29-31-33-35-37-39-47(51)55-43-46(44-57-59(53,54)56-42-45(50)41-49)58-48(52)40-38-36-34-32-30-28-26-23-20-18-16-14-12-10-8-6-4-2/h11-14,17-20,45-46,49-50H,3-10,15-16,21-44H2,1-2H3,(H,53,54)/b13-11+,14-12+,19-17+,20-18+/t45-,46+/m0/s1. The number of unbranched alkanes of at least 4 members (excludes halogenated alkanes) is 22. The lowest BCUT2D eigenvalue weighted by Crippen LogP contribution is -2.29. The maximum atomic E-state index is 12.6. The Hall–Kier alpha value is -2.07. The average Bonchev–Trinajstić information content (AvgIpc) is 3.22. The maximum absolute atomic E-state index is 12.6. The molecule has 0 aromatic carbocycles. The van der Waals surface area contributed by atoms with Gasteiger partial charge < -0.3 is 24.6 Å². The lowest BCUT2D eigenvalue weighted by Gasteiger charge is -2.20. The molecule has 0 rings (SSSR count). The molecule has 0 spiro atoms. The zero-order valence-corrected chi connectivity index (χ0v) is 38.4. The van der Waals surface area contributed by atoms with E-state index >= 15 is 0 Å². The Morgan fingerprint density at radius 2 is 0.881 bits per heavy atom. The van der Waals surface area contributed by atoms with Crippen LogP contribution in [0.3, 0.4) is 0 Å². The highest BCUT2D eigenvalue weighted by atomic mass is 31.2. The molecular formula is C48H87O10P. The summed E-state index contributed by atoms with van der Waals surface area (Å²) in [6.07, 6.45) is 47.8. The summed E-state index contributed by atoms with van der Waals surface area (Å²) in [4.78, 5) is 35.1. The minimum absolute atomic E-state index is 0.174. The van der Waals surface area contributed by atoms with Crippen LogP contribution in [0.2, 0.25) is 0 Å². The SMILES string of the molecule is CCCCC/C=C/C/C=C/CCCCCCCCCCCC(=O)OC[C@H](COP(=O)(O)OC[C@@H](O)CO)OC(=O)CCCCCCCCC/C=C/C/C=C/CCCCC. The summed E-state index contributed by atoms with van der Waals surface area (Å²) in [5, 5.41) is 18.4. The van der Waals surface area contributed by atoms with E-state index in [2.05, 4.69) is 62.5 Å². The monoisotopic (exact) mass is 855 g/mol. The smallest absolute Gasteiger partial charge is 0.462 e. The summed E-state index contributed by atoms with van der Waals surface area (Å²) in [6.45, 7) is 2.33. The van der Waals surface area contributed by atoms with E-state index in [1.165, 1.54) is 96.3 Å². The van der Waals surface area contributed by atoms with Crippen LogP contribution in [0.5, 0.6) is 0 Å². The highest BCUT2D eigenvalue weighted by Crippen LogP contribution is 2.43. The Labute approximate surface area is 360 Å². The third-order valence-electron chi connectivity index (χ3n) is 9.96. The first-order valence-electron chi connectivity index (χ1n) is 23.6. The van der Waals surface area contributed by atoms with E-state index in [4.69, 9.17) is 23.6 Å². The van der Waals surface area contributed by atoms with Crippen molar-refractivity contribution in [1.82, 2.24) is 0 Å². The minimum atomic E-state index is -4.62. The second-order valence-electron chi connectivity index (χ2n) is 15.8. The number of aliphatic hydroxyl groups excluding tert-OH is 2. The molecule has 0 saturated heterocycles. The van der Waals surface area contributed by atoms with Gasteiger partial charge >= 0.3 is 19.8 Å². The molecular weight excluding hydrogens is 767 g/mol. The van der Waals surface area contributed by atoms with Gasteiger partial charge in [-0.1, -0.05) is 165 Å². The van der Waals surface area contributed by atoms with Crippen molar-refractivity contribution < 1.29 is 47.8 Å². The predicted molar refractivity (Wildman–Crippen MR) is 242 cm³/mol. The molecule has 0 aliphatic heterocycles. The van der Waals surface area contributed by atoms with E-state index in [-0.39, 0.29) is 19.4 Å². The fourth-order valence-electron chi connectivity index (χ4n) is 6.29. The second-order valence-corrected chi connectivity index (χ2v) is 17.2. The minimum Gasteiger partial charge on any atom is -0.462 e. The van der Waals surface area contributed by atoms with Crippen molar-refractivity contribution in [2.75, 3.05) is 26.4 Å². The second kappa shape index (κ2) is 44.0. The Morgan fingerprint density at radius 1 is 0.508 bits per heavy atom. The summed E-state index contributed by atoms with van der Waals surface area (Å²) in [5.74, 6) is -0.936. The first-order valence-corrected chi connectivity index (χ1v) is 25.1. The molecule has 0 heterocycles. The molecule has 0 aliphatic carbocycles. The summed E-state index contributed by atoms with van der Waals surface area (Å²) < 4.78 is 32.8. The van der Waals surface area contributed by atoms with Crippen molar-refractivity contribution >= 4 is 19.8 Å². The van der Waals surface area contributed by atoms with Crippen molar-refractivity contribution in [3.63, 3.8) is 0 Å². The normalized spacial score (nSPS) is 14.2. The van der Waals surface area contributed by atoms with Gasteiger partial charge in [-0.05, 0) is 77.0 Å². The molecule has 0 aliphatic rings. The largest absolute Gasteiger partial charge is 0.472 e. The zero-order valence-electron chi connectivity index (χ0n) is 37.5. The lowest BCUT2D eigenvalue weighted by atomic mass is 10.1. The van der Waals surface area contributed by atoms with Gasteiger partial charge in [0.05, 0.1) is 19.8 Å². The van der Waals surface area contributed by atoms with E-state index in [1.807, 2.05) is 0 Å². The molecule has 0 amide bonds. The van der Waals surface area contributed by atoms with E-state index < -0.39 is 51.8 Å². The van der Waals surface area contributed by atoms with Crippen molar-refractivity contribution in [3.8, 4) is 0 Å². The van der Waals surface area contributed by atoms with Gasteiger partial charge in [-0.25, -0.2) is 4.57 Å². The number of ether oxygens (including phenoxy) is 2. The van der Waals surface area contributed by atoms with Crippen LogP contribution in [0.25, 0.3) is 0 Å². The number of allylic oxidation sites excluding steroid dienone is 8. The Kier molecular flexibility index (Phi) is 42.5. The molecule has 0 aromatic rings. The highest BCUT2D eigenvalue weighted by molar-refractivity contribution is 7.47. The summed E-state index contributed by atoms with van der Waals surface area (Å²) in [7, 11) is -4.62. The van der Waals surface area contributed by atoms with Gasteiger partial charge in [0.2, 0.25) is 0 Å². The Balaban J connectivity index is 4.25. The van der Waals surface area contributed by atoms with Gasteiger partial charge in [0.1, 0.15) is 12.7 Å². The van der Waals surface area contributed by atoms with Crippen LogP contribution in [0.1, 0.15) is 206 Å². The van der Waals surface area contributed by atoms with Gasteiger partial charge in [0.15, 0.2) is 6.10 Å². The number of hydrogen-bond acceptors (Lipinski definition) is 9. The Bertz CT molecular complexity index is 1120. The zero-order chi connectivity index (χ0) is 43.3. The lowest BCUT2D eigenvalue weighted by molar-refractivity contribution is -0.161. The fraction of sp³-hybridized carbons (Fsp3) is 0.792. The number of hydrogen-bond donors (Lipinski definition) is 3. The van der Waals surface area contributed by atoms with Crippen molar-refractivity contribution in [3.05, 3.63) is 48.6 Å². The van der Waals surface area contributed by atoms with Crippen LogP contribution in [-0.4, -0.2) is 65.7 Å². The first-order chi connectivity index (χ1) is 28.7. The van der Waals surface area contributed by atoms with Gasteiger partial charge in [-0.15, -0.1) is 0 Å². The van der Waals surface area contributed by atoms with Crippen LogP contribution >= 0.6 is 7.82 Å². The molecule has 0 bridgehead atoms. The molecule has 0 saturated carbocycles. The van der Waals surface area contributed by atoms with Crippen molar-refractivity contribution in [2.45, 2.75) is 219 Å². The number of phosphoric acid groups is 1. The van der Waals surface area contributed by atoms with Crippen LogP contribution in [-0.2, 0) is 32.7 Å². The van der Waals surface area contributed by atoms with E-state index in [1.54, 1.807) is 0 Å². The van der Waals surface area contributed by atoms with Crippen LogP contribution in [0, 0.1) is 0 Å². The van der Waals surface area contributed by atoms with Gasteiger partial charge in [-0.3, -0.25) is 18.6 Å². The third-order valence-corrected chi connectivity index (χ3v) is 10.9. The van der Waals surface area contributed by atoms with Crippen molar-refractivity contribution in [2.24, 2.45) is 0 Å². The molecule has 59 heavy (non-hydrogen) atoms. The molecule has 11 heteroatoms. The maximum Gasteiger partial charge on any atom is 0.472 e. The number of carbonyl (C=O) groups is 2. The van der Waals surface area contributed by atoms with Crippen LogP contribution in [0.15, 0.2) is 48.6 Å². The van der Waals surface area contributed by atoms with E-state index in [9.17, 15) is 24.2 Å². The quantitative estimate of drug-likeness (QED) is 0.0234. The van der Waals surface area contributed by atoms with Crippen molar-refractivity contribution in [1.29, 1.82) is 0 Å². The third kappa shape index (κ3) is 43.8. The Morgan fingerprint density at radius 3 is 1.31 bits per heavy atom. The number of rotatable bonds is 44. The van der Waals surface area contributed by atoms with E-state index in [0.29, 0.717) is 12.8 Å². The first kappa shape index (κ1) is 56.9. The molecule has 1 unspecified atom stereocenters. The summed E-state index contributed by atoms with van der Waals surface area (Å²) in [6, 6.07) is 0. The number of esters is 2. The van der Waals surface area contributed by atoms with Crippen LogP contribution in [0.4, 0.5) is 0 Å². The predicted octanol–water partition coefficient (Wildman–Crippen LogP) is 12.9. The molecule has 0 aromatic heterocycles. The summed E-state index contributed by atoms with van der Waals surface area (Å²) in [5.41, 5.74) is 0. The molecule has 0 radical (unpaired) electrons. The fourth-order valence-corrected chi connectivity index (χ4v) is 7.08. The van der Waals surface area contributed by atoms with Gasteiger partial charge in [0, 0.05) is 12.8 Å². The number of aliphatic hydroxyl groups is 2. The summed E-state index contributed by atoms with van der Waals surface area (Å²) >= 11 is 0. The number of phosphoric ester groups is 1. The molecule has 0 fully saturated rings. The van der Waals surface area contributed by atoms with Gasteiger partial charge in [0.25, 0.3) is 0 Å². The molecule has 10 nitrogen and oxygen atoms in total. The number of carbonyl (C=O) groups excluding carboxylic acids is 2. The topological polar surface area (TPSA) is 149 Å². The van der Waals surface area contributed by atoms with Crippen LogP contribution < -0.4 is 0 Å². The molecule has 344 valence electrons. The molecule has 3 atom stereocenters.